The van der Waals surface area contributed by atoms with E-state index in [0.717, 1.165) is 15.8 Å². The molecule has 0 spiro atoms. The van der Waals surface area contributed by atoms with E-state index in [1.165, 1.54) is 0 Å². The molecule has 0 saturated carbocycles. The van der Waals surface area contributed by atoms with Gasteiger partial charge in [0.2, 0.25) is 5.91 Å². The van der Waals surface area contributed by atoms with E-state index in [1.807, 2.05) is 30.1 Å². The molecule has 1 aliphatic heterocycles. The van der Waals surface area contributed by atoms with Crippen LogP contribution in [0.5, 0.6) is 0 Å². The van der Waals surface area contributed by atoms with Gasteiger partial charge in [0.1, 0.15) is 0 Å². The molecule has 3 nitrogen and oxygen atoms in total. The van der Waals surface area contributed by atoms with Crippen LogP contribution < -0.4 is 10.2 Å². The van der Waals surface area contributed by atoms with Gasteiger partial charge in [0.15, 0.2) is 0 Å². The molecule has 1 aliphatic rings. The maximum absolute atomic E-state index is 11.2. The highest BCUT2D eigenvalue weighted by Crippen LogP contribution is 2.34. The van der Waals surface area contributed by atoms with Crippen molar-refractivity contribution < 1.29 is 4.79 Å². The van der Waals surface area contributed by atoms with E-state index < -0.39 is 0 Å². The van der Waals surface area contributed by atoms with E-state index >= 15 is 0 Å². The van der Waals surface area contributed by atoms with Gasteiger partial charge < -0.3 is 10.2 Å². The van der Waals surface area contributed by atoms with Crippen molar-refractivity contribution in [2.24, 2.45) is 0 Å². The Hall–Kier alpha value is -1.03. The van der Waals surface area contributed by atoms with Crippen LogP contribution in [0, 0.1) is 0 Å². The molecule has 0 aromatic heterocycles. The lowest BCUT2D eigenvalue weighted by molar-refractivity contribution is -0.115. The molecule has 1 heterocycles. The van der Waals surface area contributed by atoms with E-state index in [9.17, 15) is 4.79 Å². The summed E-state index contributed by atoms with van der Waals surface area (Å²) in [5, 5.41) is 2.83. The third-order valence-electron chi connectivity index (χ3n) is 2.05. The topological polar surface area (TPSA) is 32.3 Å². The van der Waals surface area contributed by atoms with Crippen LogP contribution in [0.4, 0.5) is 11.4 Å². The monoisotopic (exact) mass is 240 g/mol. The summed E-state index contributed by atoms with van der Waals surface area (Å²) >= 11 is 3.40. The van der Waals surface area contributed by atoms with Crippen LogP contribution in [0.1, 0.15) is 0 Å². The van der Waals surface area contributed by atoms with Crippen molar-refractivity contribution in [3.63, 3.8) is 0 Å². The van der Waals surface area contributed by atoms with Crippen LogP contribution in [0.3, 0.4) is 0 Å². The van der Waals surface area contributed by atoms with Gasteiger partial charge in [0.25, 0.3) is 0 Å². The highest BCUT2D eigenvalue weighted by atomic mass is 79.9. The number of nitrogens with zero attached hydrogens (tertiary/aromatic N) is 1. The normalized spacial score (nSPS) is 15.2. The molecule has 1 amide bonds. The van der Waals surface area contributed by atoms with Crippen molar-refractivity contribution in [2.45, 2.75) is 0 Å². The summed E-state index contributed by atoms with van der Waals surface area (Å²) in [6, 6.07) is 5.86. The molecule has 4 heteroatoms. The lowest BCUT2D eigenvalue weighted by atomic mass is 10.2. The fraction of sp³-hybridized carbons (Fsp3) is 0.222. The number of nitrogens with one attached hydrogen (secondary N) is 1. The van der Waals surface area contributed by atoms with Gasteiger partial charge in [-0.15, -0.1) is 0 Å². The predicted molar refractivity (Wildman–Crippen MR) is 56.0 cm³/mol. The number of carbonyl (C=O) groups excluding carboxylic acids is 1. The number of para-hydroxylation sites is 1. The van der Waals surface area contributed by atoms with Gasteiger partial charge in [-0.05, 0) is 28.1 Å². The predicted octanol–water partition coefficient (Wildman–Crippen LogP) is 1.84. The van der Waals surface area contributed by atoms with Gasteiger partial charge in [0, 0.05) is 11.5 Å². The van der Waals surface area contributed by atoms with Gasteiger partial charge >= 0.3 is 0 Å². The second-order valence-electron chi connectivity index (χ2n) is 3.04. The van der Waals surface area contributed by atoms with Crippen molar-refractivity contribution in [2.75, 3.05) is 23.8 Å². The fourth-order valence-corrected chi connectivity index (χ4v) is 1.89. The van der Waals surface area contributed by atoms with Crippen LogP contribution in [0.2, 0.25) is 0 Å². The lowest BCUT2D eigenvalue weighted by Gasteiger charge is -2.27. The Morgan fingerprint density at radius 1 is 1.54 bits per heavy atom. The number of hydrogen-bond donors (Lipinski definition) is 1. The van der Waals surface area contributed by atoms with Crippen LogP contribution >= 0.6 is 15.9 Å². The number of anilines is 2. The van der Waals surface area contributed by atoms with Crippen LogP contribution in [-0.2, 0) is 4.79 Å². The lowest BCUT2D eigenvalue weighted by Crippen LogP contribution is -2.35. The van der Waals surface area contributed by atoms with Gasteiger partial charge in [-0.3, -0.25) is 4.79 Å². The van der Waals surface area contributed by atoms with Crippen LogP contribution in [-0.4, -0.2) is 19.5 Å². The molecule has 0 radical (unpaired) electrons. The van der Waals surface area contributed by atoms with Gasteiger partial charge in [-0.1, -0.05) is 6.07 Å². The first-order chi connectivity index (χ1) is 6.18. The Balaban J connectivity index is 2.54. The standard InChI is InChI=1S/C9H9BrN2O/c1-12-5-8(13)11-9-6(10)3-2-4-7(9)12/h2-4H,5H2,1H3,(H,11,13). The number of likely N-dealkylation sites (N-methyl/N-ethyl adjacent to an activating group) is 1. The molecule has 0 saturated heterocycles. The molecule has 0 atom stereocenters. The minimum Gasteiger partial charge on any atom is -0.364 e. The number of hydrogen-bond acceptors (Lipinski definition) is 2. The van der Waals surface area contributed by atoms with E-state index in [-0.39, 0.29) is 5.91 Å². The van der Waals surface area contributed by atoms with E-state index in [2.05, 4.69) is 21.2 Å². The number of fused-ring (bicyclic) bond motifs is 1. The summed E-state index contributed by atoms with van der Waals surface area (Å²) in [6.07, 6.45) is 0. The van der Waals surface area contributed by atoms with Gasteiger partial charge in [-0.25, -0.2) is 0 Å². The minimum atomic E-state index is 0.0295. The maximum atomic E-state index is 11.2. The molecule has 13 heavy (non-hydrogen) atoms. The molecule has 0 unspecified atom stereocenters. The van der Waals surface area contributed by atoms with Crippen molar-refractivity contribution in [1.29, 1.82) is 0 Å². The summed E-state index contributed by atoms with van der Waals surface area (Å²) in [5.41, 5.74) is 1.91. The van der Waals surface area contributed by atoms with Gasteiger partial charge in [-0.2, -0.15) is 0 Å². The smallest absolute Gasteiger partial charge is 0.243 e. The highest BCUT2D eigenvalue weighted by molar-refractivity contribution is 9.10. The molecule has 0 aliphatic carbocycles. The molecule has 1 aromatic carbocycles. The second-order valence-corrected chi connectivity index (χ2v) is 3.89. The van der Waals surface area contributed by atoms with E-state index in [1.54, 1.807) is 0 Å². The third-order valence-corrected chi connectivity index (χ3v) is 2.71. The molecule has 1 aromatic rings. The van der Waals surface area contributed by atoms with Crippen molar-refractivity contribution in [3.8, 4) is 0 Å². The molecular weight excluding hydrogens is 232 g/mol. The number of halogens is 1. The Kier molecular flexibility index (Phi) is 2.00. The summed E-state index contributed by atoms with van der Waals surface area (Å²) in [7, 11) is 1.91. The summed E-state index contributed by atoms with van der Waals surface area (Å²) in [4.78, 5) is 13.1. The summed E-state index contributed by atoms with van der Waals surface area (Å²) < 4.78 is 0.921. The fourth-order valence-electron chi connectivity index (χ4n) is 1.43. The van der Waals surface area contributed by atoms with E-state index in [0.29, 0.717) is 6.54 Å². The third kappa shape index (κ3) is 1.42. The Bertz CT molecular complexity index is 365. The highest BCUT2D eigenvalue weighted by Gasteiger charge is 2.20. The van der Waals surface area contributed by atoms with Crippen molar-refractivity contribution >= 4 is 33.2 Å². The largest absolute Gasteiger partial charge is 0.364 e. The van der Waals surface area contributed by atoms with E-state index in [4.69, 9.17) is 0 Å². The zero-order valence-electron chi connectivity index (χ0n) is 7.17. The quantitative estimate of drug-likeness (QED) is 0.751. The van der Waals surface area contributed by atoms with Crippen LogP contribution in [0.25, 0.3) is 0 Å². The SMILES string of the molecule is CN1CC(=O)Nc2c(Br)cccc21. The first-order valence-electron chi connectivity index (χ1n) is 3.98. The van der Waals surface area contributed by atoms with Crippen molar-refractivity contribution in [1.82, 2.24) is 0 Å². The zero-order chi connectivity index (χ0) is 9.42. The zero-order valence-corrected chi connectivity index (χ0v) is 8.76. The number of rotatable bonds is 0. The number of benzene rings is 1. The first-order valence-corrected chi connectivity index (χ1v) is 4.77. The summed E-state index contributed by atoms with van der Waals surface area (Å²) in [6.45, 7) is 0.420. The minimum absolute atomic E-state index is 0.0295. The molecule has 0 fully saturated rings. The summed E-state index contributed by atoms with van der Waals surface area (Å²) in [5.74, 6) is 0.0295. The van der Waals surface area contributed by atoms with Gasteiger partial charge in [0.05, 0.1) is 17.9 Å². The van der Waals surface area contributed by atoms with Crippen molar-refractivity contribution in [3.05, 3.63) is 22.7 Å². The molecular formula is C9H9BrN2O. The number of carbonyl (C=O) groups is 1. The Labute approximate surface area is 84.9 Å². The second kappa shape index (κ2) is 3.03. The average Bonchev–Trinajstić information content (AvgIpc) is 2.07. The molecule has 0 bridgehead atoms. The molecule has 68 valence electrons. The number of amides is 1. The maximum Gasteiger partial charge on any atom is 0.243 e. The molecule has 1 N–H and O–H groups in total. The Morgan fingerprint density at radius 2 is 2.31 bits per heavy atom. The first kappa shape index (κ1) is 8.56. The molecule has 2 rings (SSSR count). The average molecular weight is 241 g/mol. The Morgan fingerprint density at radius 3 is 3.08 bits per heavy atom. The van der Waals surface area contributed by atoms with Crippen LogP contribution in [0.15, 0.2) is 22.7 Å².